The van der Waals surface area contributed by atoms with Crippen molar-refractivity contribution < 1.29 is 22.2 Å². The second-order valence-corrected chi connectivity index (χ2v) is 11.1. The maximum atomic E-state index is 12.7. The number of quaternary nitrogens is 1. The largest absolute Gasteiger partial charge is 0.355 e. The summed E-state index contributed by atoms with van der Waals surface area (Å²) in [4.78, 5) is 12.7. The number of hydrogen-bond acceptors (Lipinski definition) is 3. The van der Waals surface area contributed by atoms with E-state index in [2.05, 4.69) is 43.4 Å². The summed E-state index contributed by atoms with van der Waals surface area (Å²) in [5, 5.41) is 3.06. The van der Waals surface area contributed by atoms with Gasteiger partial charge in [-0.3, -0.25) is 9.35 Å². The third kappa shape index (κ3) is 10.2. The first-order valence-electron chi connectivity index (χ1n) is 10.3. The Morgan fingerprint density at radius 2 is 1.69 bits per heavy atom. The van der Waals surface area contributed by atoms with Crippen molar-refractivity contribution in [2.75, 3.05) is 39.5 Å². The summed E-state index contributed by atoms with van der Waals surface area (Å²) >= 11 is 0. The van der Waals surface area contributed by atoms with Crippen molar-refractivity contribution >= 4 is 16.0 Å². The lowest BCUT2D eigenvalue weighted by Crippen LogP contribution is -2.44. The van der Waals surface area contributed by atoms with E-state index in [9.17, 15) is 13.2 Å². The molecule has 1 aromatic rings. The van der Waals surface area contributed by atoms with Gasteiger partial charge in [0.1, 0.15) is 0 Å². The molecule has 1 unspecified atom stereocenters. The van der Waals surface area contributed by atoms with Crippen LogP contribution in [0.25, 0.3) is 0 Å². The Balaban J connectivity index is 2.41. The summed E-state index contributed by atoms with van der Waals surface area (Å²) < 4.78 is 31.1. The zero-order valence-electron chi connectivity index (χ0n) is 18.9. The van der Waals surface area contributed by atoms with Crippen LogP contribution in [0.15, 0.2) is 24.3 Å². The van der Waals surface area contributed by atoms with Gasteiger partial charge in [-0.1, -0.05) is 50.6 Å². The molecule has 2 N–H and O–H groups in total. The van der Waals surface area contributed by atoms with Crippen LogP contribution in [0.5, 0.6) is 0 Å². The van der Waals surface area contributed by atoms with Crippen LogP contribution in [0.4, 0.5) is 0 Å². The van der Waals surface area contributed by atoms with Crippen LogP contribution in [-0.2, 0) is 14.9 Å². The van der Waals surface area contributed by atoms with E-state index in [0.717, 1.165) is 19.4 Å². The van der Waals surface area contributed by atoms with Gasteiger partial charge in [-0.2, -0.15) is 8.42 Å². The molecule has 166 valence electrons. The highest BCUT2D eigenvalue weighted by molar-refractivity contribution is 7.85. The van der Waals surface area contributed by atoms with Crippen LogP contribution in [0.2, 0.25) is 0 Å². The summed E-state index contributed by atoms with van der Waals surface area (Å²) in [7, 11) is 0.155. The first-order chi connectivity index (χ1) is 13.2. The van der Waals surface area contributed by atoms with Gasteiger partial charge < -0.3 is 9.80 Å². The van der Waals surface area contributed by atoms with Crippen LogP contribution in [0.1, 0.15) is 57.1 Å². The number of nitrogens with one attached hydrogen (secondary N) is 1. The minimum atomic E-state index is -3.90. The average Bonchev–Trinajstić information content (AvgIpc) is 2.57. The minimum absolute atomic E-state index is 0.0631. The van der Waals surface area contributed by atoms with Gasteiger partial charge in [0.25, 0.3) is 10.1 Å². The third-order valence-electron chi connectivity index (χ3n) is 5.47. The number of rotatable bonds is 12. The van der Waals surface area contributed by atoms with Crippen molar-refractivity contribution in [1.82, 2.24) is 5.32 Å². The van der Waals surface area contributed by atoms with Crippen molar-refractivity contribution in [3.8, 4) is 0 Å². The summed E-state index contributed by atoms with van der Waals surface area (Å²) in [5.74, 6) is 0.154. The maximum absolute atomic E-state index is 12.7. The molecule has 0 saturated carbocycles. The molecule has 0 aliphatic rings. The minimum Gasteiger partial charge on any atom is -0.355 e. The van der Waals surface area contributed by atoms with E-state index in [0.29, 0.717) is 29.9 Å². The molecular formula is C22H39N2O4S+. The summed E-state index contributed by atoms with van der Waals surface area (Å²) in [6.45, 7) is 10.3. The van der Waals surface area contributed by atoms with E-state index in [4.69, 9.17) is 4.55 Å². The first kappa shape index (κ1) is 25.6. The molecule has 1 amide bonds. The molecule has 29 heavy (non-hydrogen) atoms. The molecule has 1 atom stereocenters. The summed E-state index contributed by atoms with van der Waals surface area (Å²) in [5.41, 5.74) is 2.03. The van der Waals surface area contributed by atoms with Crippen LogP contribution < -0.4 is 5.32 Å². The van der Waals surface area contributed by atoms with E-state index in [-0.39, 0.29) is 11.7 Å². The molecule has 1 aromatic carbocycles. The number of nitrogens with zero attached hydrogens (tertiary/aromatic N) is 1. The Labute approximate surface area is 177 Å². The highest BCUT2D eigenvalue weighted by atomic mass is 32.2. The Morgan fingerprint density at radius 1 is 1.14 bits per heavy atom. The van der Waals surface area contributed by atoms with Gasteiger partial charge >= 0.3 is 0 Å². The second kappa shape index (κ2) is 10.5. The first-order valence-corrected chi connectivity index (χ1v) is 11.9. The fourth-order valence-electron chi connectivity index (χ4n) is 3.61. The highest BCUT2D eigenvalue weighted by Crippen LogP contribution is 2.31. The summed E-state index contributed by atoms with van der Waals surface area (Å²) in [6.07, 6.45) is 2.01. The SMILES string of the molecule is Cc1ccc(C(C)CC(C)(C)C(=O)NCCC[N+](C)(C)CCCS(=O)(=O)O)cc1. The van der Waals surface area contributed by atoms with Crippen molar-refractivity contribution in [3.05, 3.63) is 35.4 Å². The van der Waals surface area contributed by atoms with Gasteiger partial charge in [0.15, 0.2) is 0 Å². The third-order valence-corrected chi connectivity index (χ3v) is 6.27. The Kier molecular flexibility index (Phi) is 9.31. The normalized spacial score (nSPS) is 13.9. The highest BCUT2D eigenvalue weighted by Gasteiger charge is 2.30. The van der Waals surface area contributed by atoms with Crippen LogP contribution in [-0.4, -0.2) is 62.8 Å². The van der Waals surface area contributed by atoms with Gasteiger partial charge in [0.2, 0.25) is 5.91 Å². The molecule has 0 aliphatic heterocycles. The quantitative estimate of drug-likeness (QED) is 0.304. The molecule has 7 heteroatoms. The van der Waals surface area contributed by atoms with Gasteiger partial charge in [-0.05, 0) is 24.8 Å². The number of hydrogen-bond donors (Lipinski definition) is 2. The molecule has 0 radical (unpaired) electrons. The fraction of sp³-hybridized carbons (Fsp3) is 0.682. The van der Waals surface area contributed by atoms with Gasteiger partial charge in [0, 0.05) is 24.8 Å². The lowest BCUT2D eigenvalue weighted by molar-refractivity contribution is -0.890. The predicted octanol–water partition coefficient (Wildman–Crippen LogP) is 3.38. The van der Waals surface area contributed by atoms with E-state index in [1.807, 2.05) is 27.9 Å². The zero-order valence-corrected chi connectivity index (χ0v) is 19.7. The Morgan fingerprint density at radius 3 is 2.24 bits per heavy atom. The number of carbonyl (C=O) groups is 1. The number of aryl methyl sites for hydroxylation is 1. The molecule has 0 fully saturated rings. The topological polar surface area (TPSA) is 83.5 Å². The smallest absolute Gasteiger partial charge is 0.265 e. The van der Waals surface area contributed by atoms with Crippen molar-refractivity contribution in [3.63, 3.8) is 0 Å². The Bertz CT molecular complexity index is 756. The zero-order chi connectivity index (χ0) is 22.3. The molecule has 1 rings (SSSR count). The fourth-order valence-corrected chi connectivity index (χ4v) is 4.10. The van der Waals surface area contributed by atoms with E-state index in [1.165, 1.54) is 11.1 Å². The molecule has 0 aliphatic carbocycles. The van der Waals surface area contributed by atoms with Crippen LogP contribution in [0.3, 0.4) is 0 Å². The molecule has 6 nitrogen and oxygen atoms in total. The lowest BCUT2D eigenvalue weighted by atomic mass is 9.80. The maximum Gasteiger partial charge on any atom is 0.265 e. The van der Waals surface area contributed by atoms with Gasteiger partial charge in [-0.25, -0.2) is 0 Å². The molecule has 0 spiro atoms. The van der Waals surface area contributed by atoms with E-state index < -0.39 is 15.5 Å². The predicted molar refractivity (Wildman–Crippen MR) is 118 cm³/mol. The molecule has 0 aromatic heterocycles. The number of amides is 1. The van der Waals surface area contributed by atoms with E-state index in [1.54, 1.807) is 0 Å². The van der Waals surface area contributed by atoms with Crippen molar-refractivity contribution in [2.24, 2.45) is 5.41 Å². The lowest BCUT2D eigenvalue weighted by Gasteiger charge is -2.30. The molecular weight excluding hydrogens is 388 g/mol. The Hall–Kier alpha value is -1.44. The molecule has 0 bridgehead atoms. The summed E-state index contributed by atoms with van der Waals surface area (Å²) in [6, 6.07) is 8.48. The molecule has 0 saturated heterocycles. The monoisotopic (exact) mass is 427 g/mol. The van der Waals surface area contributed by atoms with Crippen LogP contribution >= 0.6 is 0 Å². The second-order valence-electron chi connectivity index (χ2n) is 9.53. The standard InChI is InChI=1S/C22H38N2O4S/c1-18-9-11-20(12-10-18)19(2)17-22(3,4)21(25)23-13-7-14-24(5,6)15-8-16-29(26,27)28/h9-12,19H,7-8,13-17H2,1-6H3,(H-,23,25,26,27,28)/p+1. The van der Waals surface area contributed by atoms with Gasteiger partial charge in [0.05, 0.1) is 32.9 Å². The van der Waals surface area contributed by atoms with Crippen molar-refractivity contribution in [1.29, 1.82) is 0 Å². The van der Waals surface area contributed by atoms with Crippen molar-refractivity contribution in [2.45, 2.75) is 52.9 Å². The van der Waals surface area contributed by atoms with Crippen LogP contribution in [0, 0.1) is 12.3 Å². The average molecular weight is 428 g/mol. The number of carbonyl (C=O) groups excluding carboxylic acids is 1. The molecule has 0 heterocycles. The van der Waals surface area contributed by atoms with E-state index >= 15 is 0 Å². The van der Waals surface area contributed by atoms with Gasteiger partial charge in [-0.15, -0.1) is 0 Å². The number of benzene rings is 1.